The number of hydrogen-bond donors (Lipinski definition) is 0. The van der Waals surface area contributed by atoms with E-state index >= 15 is 0 Å². The summed E-state index contributed by atoms with van der Waals surface area (Å²) in [5.74, 6) is 0. The quantitative estimate of drug-likeness (QED) is 0.516. The Balaban J connectivity index is 1.83. The first-order valence-electron chi connectivity index (χ1n) is 9.14. The second kappa shape index (κ2) is 9.69. The molecule has 0 aliphatic rings. The summed E-state index contributed by atoms with van der Waals surface area (Å²) in [6.45, 7) is 1.67. The minimum Gasteiger partial charge on any atom is -0.303 e. The molecule has 0 bridgehead atoms. The second-order valence-electron chi connectivity index (χ2n) is 6.62. The van der Waals surface area contributed by atoms with Crippen LogP contribution in [0, 0.1) is 0 Å². The van der Waals surface area contributed by atoms with Gasteiger partial charge in [-0.3, -0.25) is 4.90 Å². The average Bonchev–Trinajstić information content (AvgIpc) is 2.70. The maximum atomic E-state index is 11.4. The largest absolute Gasteiger partial charge is 0.303 e. The van der Waals surface area contributed by atoms with Crippen molar-refractivity contribution in [3.63, 3.8) is 0 Å². The zero-order valence-corrected chi connectivity index (χ0v) is 15.0. The molecule has 0 aromatic heterocycles. The zero-order chi connectivity index (χ0) is 18.0. The molecule has 0 saturated heterocycles. The molecule has 26 heavy (non-hydrogen) atoms. The van der Waals surface area contributed by atoms with Crippen LogP contribution in [0.3, 0.4) is 0 Å². The summed E-state index contributed by atoms with van der Waals surface area (Å²) in [7, 11) is 0. The topological polar surface area (TPSA) is 20.3 Å². The summed E-state index contributed by atoms with van der Waals surface area (Å²) in [6.07, 6.45) is 2.46. The lowest BCUT2D eigenvalue weighted by molar-refractivity contribution is -0.109. The number of hydrogen-bond acceptors (Lipinski definition) is 2. The van der Waals surface area contributed by atoms with E-state index in [0.29, 0.717) is 6.42 Å². The van der Waals surface area contributed by atoms with Gasteiger partial charge in [-0.2, -0.15) is 0 Å². The summed E-state index contributed by atoms with van der Waals surface area (Å²) in [5, 5.41) is 0. The highest BCUT2D eigenvalue weighted by atomic mass is 16.1. The number of rotatable bonds is 9. The lowest BCUT2D eigenvalue weighted by Crippen LogP contribution is -2.36. The predicted molar refractivity (Wildman–Crippen MR) is 107 cm³/mol. The van der Waals surface area contributed by atoms with Crippen LogP contribution in [0.1, 0.15) is 23.1 Å². The van der Waals surface area contributed by atoms with Crippen LogP contribution >= 0.6 is 0 Å². The summed E-state index contributed by atoms with van der Waals surface area (Å²) in [4.78, 5) is 13.8. The standard InChI is InChI=1S/C24H25NO/c26-17-16-24(18-21-10-4-1-5-11-21)25(19-22-12-6-2-7-13-22)20-23-14-8-3-9-15-23/h1-15,17,24H,16,18-20H2/t24-/m1/s1. The molecule has 0 spiro atoms. The van der Waals surface area contributed by atoms with Gasteiger partial charge in [0.25, 0.3) is 0 Å². The molecule has 0 aliphatic carbocycles. The van der Waals surface area contributed by atoms with Gasteiger partial charge < -0.3 is 4.79 Å². The van der Waals surface area contributed by atoms with Crippen molar-refractivity contribution in [3.8, 4) is 0 Å². The number of nitrogens with zero attached hydrogens (tertiary/aromatic N) is 1. The van der Waals surface area contributed by atoms with Gasteiger partial charge in [0.15, 0.2) is 0 Å². The minimum atomic E-state index is 0.176. The Kier molecular flexibility index (Phi) is 6.74. The van der Waals surface area contributed by atoms with E-state index in [9.17, 15) is 4.79 Å². The van der Waals surface area contributed by atoms with Gasteiger partial charge >= 0.3 is 0 Å². The number of carbonyl (C=O) groups excluding carboxylic acids is 1. The fraction of sp³-hybridized carbons (Fsp3) is 0.208. The molecule has 0 N–H and O–H groups in total. The van der Waals surface area contributed by atoms with Crippen molar-refractivity contribution in [2.45, 2.75) is 32.0 Å². The van der Waals surface area contributed by atoms with Crippen LogP contribution in [0.4, 0.5) is 0 Å². The molecule has 132 valence electrons. The van der Waals surface area contributed by atoms with E-state index in [-0.39, 0.29) is 6.04 Å². The maximum absolute atomic E-state index is 11.4. The Morgan fingerprint density at radius 1 is 0.654 bits per heavy atom. The van der Waals surface area contributed by atoms with E-state index in [2.05, 4.69) is 77.7 Å². The van der Waals surface area contributed by atoms with E-state index in [0.717, 1.165) is 25.8 Å². The summed E-state index contributed by atoms with van der Waals surface area (Å²) in [6, 6.07) is 31.6. The van der Waals surface area contributed by atoms with Crippen molar-refractivity contribution in [2.75, 3.05) is 0 Å². The minimum absolute atomic E-state index is 0.176. The van der Waals surface area contributed by atoms with Crippen LogP contribution in [0.2, 0.25) is 0 Å². The summed E-state index contributed by atoms with van der Waals surface area (Å²) < 4.78 is 0. The molecule has 0 radical (unpaired) electrons. The van der Waals surface area contributed by atoms with E-state index < -0.39 is 0 Å². The Hall–Kier alpha value is -2.71. The van der Waals surface area contributed by atoms with Gasteiger partial charge in [0.1, 0.15) is 6.29 Å². The molecule has 2 nitrogen and oxygen atoms in total. The van der Waals surface area contributed by atoms with Gasteiger partial charge in [0, 0.05) is 25.6 Å². The molecule has 0 aliphatic heterocycles. The summed E-state index contributed by atoms with van der Waals surface area (Å²) in [5.41, 5.74) is 3.81. The van der Waals surface area contributed by atoms with Gasteiger partial charge in [0.05, 0.1) is 0 Å². The molecule has 2 heteroatoms. The van der Waals surface area contributed by atoms with Gasteiger partial charge in [-0.1, -0.05) is 91.0 Å². The molecule has 3 aromatic rings. The normalized spacial score (nSPS) is 12.0. The molecule has 0 fully saturated rings. The van der Waals surface area contributed by atoms with Crippen molar-refractivity contribution >= 4 is 6.29 Å². The molecule has 3 aromatic carbocycles. The monoisotopic (exact) mass is 343 g/mol. The van der Waals surface area contributed by atoms with Gasteiger partial charge in [-0.05, 0) is 23.1 Å². The van der Waals surface area contributed by atoms with Crippen LogP contribution < -0.4 is 0 Å². The second-order valence-corrected chi connectivity index (χ2v) is 6.62. The lowest BCUT2D eigenvalue weighted by atomic mass is 10.0. The molecule has 0 unspecified atom stereocenters. The molecule has 3 rings (SSSR count). The van der Waals surface area contributed by atoms with Crippen LogP contribution in [0.25, 0.3) is 0 Å². The highest BCUT2D eigenvalue weighted by Crippen LogP contribution is 2.18. The average molecular weight is 343 g/mol. The van der Waals surface area contributed by atoms with Crippen LogP contribution in [-0.4, -0.2) is 17.2 Å². The van der Waals surface area contributed by atoms with Crippen LogP contribution in [0.15, 0.2) is 91.0 Å². The van der Waals surface area contributed by atoms with Crippen molar-refractivity contribution < 1.29 is 4.79 Å². The SMILES string of the molecule is O=CC[C@H](Cc1ccccc1)N(Cc1ccccc1)Cc1ccccc1. The van der Waals surface area contributed by atoms with E-state index in [1.54, 1.807) is 0 Å². The highest BCUT2D eigenvalue weighted by Gasteiger charge is 2.19. The first-order valence-corrected chi connectivity index (χ1v) is 9.14. The fourth-order valence-corrected chi connectivity index (χ4v) is 3.31. The Labute approximate surface area is 156 Å². The van der Waals surface area contributed by atoms with E-state index in [1.807, 2.05) is 18.2 Å². The van der Waals surface area contributed by atoms with Gasteiger partial charge in [0.2, 0.25) is 0 Å². The Morgan fingerprint density at radius 2 is 1.08 bits per heavy atom. The van der Waals surface area contributed by atoms with Crippen molar-refractivity contribution in [1.29, 1.82) is 0 Å². The third kappa shape index (κ3) is 5.40. The van der Waals surface area contributed by atoms with Crippen molar-refractivity contribution in [1.82, 2.24) is 4.90 Å². The van der Waals surface area contributed by atoms with Crippen molar-refractivity contribution in [3.05, 3.63) is 108 Å². The number of carbonyl (C=O) groups is 1. The number of benzene rings is 3. The molecular weight excluding hydrogens is 318 g/mol. The van der Waals surface area contributed by atoms with Crippen LogP contribution in [0.5, 0.6) is 0 Å². The van der Waals surface area contributed by atoms with Gasteiger partial charge in [-0.25, -0.2) is 0 Å². The lowest BCUT2D eigenvalue weighted by Gasteiger charge is -2.31. The van der Waals surface area contributed by atoms with Crippen LogP contribution in [-0.2, 0) is 24.3 Å². The number of aldehydes is 1. The molecule has 0 heterocycles. The Morgan fingerprint density at radius 3 is 1.50 bits per heavy atom. The smallest absolute Gasteiger partial charge is 0.121 e. The predicted octanol–water partition coefficient (Wildman–Crippen LogP) is 4.89. The van der Waals surface area contributed by atoms with E-state index in [1.165, 1.54) is 16.7 Å². The van der Waals surface area contributed by atoms with E-state index in [4.69, 9.17) is 0 Å². The first kappa shape index (κ1) is 18.1. The third-order valence-corrected chi connectivity index (χ3v) is 4.66. The zero-order valence-electron chi connectivity index (χ0n) is 15.0. The molecular formula is C24H25NO. The van der Waals surface area contributed by atoms with Gasteiger partial charge in [-0.15, -0.1) is 0 Å². The molecule has 1 atom stereocenters. The van der Waals surface area contributed by atoms with Crippen molar-refractivity contribution in [2.24, 2.45) is 0 Å². The third-order valence-electron chi connectivity index (χ3n) is 4.66. The fourth-order valence-electron chi connectivity index (χ4n) is 3.31. The molecule has 0 amide bonds. The Bertz CT molecular complexity index is 730. The molecule has 0 saturated carbocycles. The first-order chi connectivity index (χ1) is 12.8. The maximum Gasteiger partial charge on any atom is 0.121 e. The highest BCUT2D eigenvalue weighted by molar-refractivity contribution is 5.50. The summed E-state index contributed by atoms with van der Waals surface area (Å²) >= 11 is 0.